The summed E-state index contributed by atoms with van der Waals surface area (Å²) >= 11 is 1.73. The molecule has 21 heavy (non-hydrogen) atoms. The molecule has 1 aliphatic heterocycles. The van der Waals surface area contributed by atoms with E-state index in [4.69, 9.17) is 4.74 Å². The molecule has 0 aromatic carbocycles. The van der Waals surface area contributed by atoms with Crippen LogP contribution in [0.2, 0.25) is 0 Å². The van der Waals surface area contributed by atoms with E-state index in [1.165, 1.54) is 10.4 Å². The molecule has 1 aromatic heterocycles. The molecule has 0 bridgehead atoms. The molecule has 1 atom stereocenters. The van der Waals surface area contributed by atoms with Gasteiger partial charge in [0.15, 0.2) is 0 Å². The molecule has 1 amide bonds. The van der Waals surface area contributed by atoms with E-state index in [2.05, 4.69) is 23.3 Å². The molecule has 118 valence electrons. The van der Waals surface area contributed by atoms with Gasteiger partial charge in [0.05, 0.1) is 6.54 Å². The van der Waals surface area contributed by atoms with Gasteiger partial charge in [0, 0.05) is 24.6 Å². The molecule has 1 saturated heterocycles. The lowest BCUT2D eigenvalue weighted by atomic mass is 10.1. The third kappa shape index (κ3) is 4.80. The number of carbonyl (C=O) groups is 1. The van der Waals surface area contributed by atoms with Gasteiger partial charge >= 0.3 is 0 Å². The van der Waals surface area contributed by atoms with Crippen LogP contribution in [0.1, 0.15) is 29.7 Å². The van der Waals surface area contributed by atoms with Crippen LogP contribution in [0.15, 0.2) is 11.4 Å². The number of ether oxygens (including phenoxy) is 1. The maximum atomic E-state index is 12.7. The van der Waals surface area contributed by atoms with Gasteiger partial charge in [-0.15, -0.1) is 11.3 Å². The van der Waals surface area contributed by atoms with Gasteiger partial charge in [-0.25, -0.2) is 0 Å². The number of nitrogens with zero attached hydrogens (tertiary/aromatic N) is 2. The van der Waals surface area contributed by atoms with Crippen molar-refractivity contribution < 1.29 is 9.53 Å². The monoisotopic (exact) mass is 310 g/mol. The van der Waals surface area contributed by atoms with E-state index in [1.54, 1.807) is 11.3 Å². The minimum atomic E-state index is -0.235. The van der Waals surface area contributed by atoms with Gasteiger partial charge < -0.3 is 14.5 Å². The summed E-state index contributed by atoms with van der Waals surface area (Å²) in [5.41, 5.74) is 1.27. The Balaban J connectivity index is 2.03. The number of likely N-dealkylation sites (N-methyl/N-ethyl adjacent to an activating group) is 1. The van der Waals surface area contributed by atoms with Gasteiger partial charge in [-0.3, -0.25) is 4.79 Å². The van der Waals surface area contributed by atoms with Gasteiger partial charge in [-0.05, 0) is 57.3 Å². The van der Waals surface area contributed by atoms with E-state index in [0.29, 0.717) is 6.54 Å². The van der Waals surface area contributed by atoms with Crippen molar-refractivity contribution in [1.82, 2.24) is 9.80 Å². The van der Waals surface area contributed by atoms with Crippen LogP contribution in [0.4, 0.5) is 0 Å². The molecule has 1 fully saturated rings. The molecule has 0 aliphatic carbocycles. The normalized spacial score (nSPS) is 19.0. The molecule has 0 spiro atoms. The Morgan fingerprint density at radius 3 is 2.76 bits per heavy atom. The van der Waals surface area contributed by atoms with E-state index < -0.39 is 0 Å². The van der Waals surface area contributed by atoms with E-state index in [9.17, 15) is 4.79 Å². The summed E-state index contributed by atoms with van der Waals surface area (Å²) in [7, 11) is 4.08. The number of hydrogen-bond donors (Lipinski definition) is 0. The van der Waals surface area contributed by atoms with Gasteiger partial charge in [-0.2, -0.15) is 0 Å². The topological polar surface area (TPSA) is 32.8 Å². The smallest absolute Gasteiger partial charge is 0.252 e. The Morgan fingerprint density at radius 1 is 1.38 bits per heavy atom. The maximum absolute atomic E-state index is 12.7. The minimum Gasteiger partial charge on any atom is -0.368 e. The third-order valence-electron chi connectivity index (χ3n) is 3.89. The zero-order chi connectivity index (χ0) is 15.2. The Bertz CT molecular complexity index is 453. The lowest BCUT2D eigenvalue weighted by Crippen LogP contribution is -2.44. The summed E-state index contributed by atoms with van der Waals surface area (Å²) in [5, 5.41) is 2.09. The van der Waals surface area contributed by atoms with Crippen LogP contribution in [0.5, 0.6) is 0 Å². The Kier molecular flexibility index (Phi) is 6.21. The van der Waals surface area contributed by atoms with Crippen molar-refractivity contribution in [2.45, 2.75) is 38.8 Å². The van der Waals surface area contributed by atoms with Crippen molar-refractivity contribution in [3.63, 3.8) is 0 Å². The number of carbonyl (C=O) groups excluding carboxylic acids is 1. The summed E-state index contributed by atoms with van der Waals surface area (Å²) < 4.78 is 5.68. The second-order valence-electron chi connectivity index (χ2n) is 5.95. The highest BCUT2D eigenvalue weighted by Gasteiger charge is 2.27. The standard InChI is InChI=1S/C16H26N2O2S/c1-13-7-11-21-15(13)12-18(9-8-17(2)3)16(19)14-6-4-5-10-20-14/h7,11,14H,4-6,8-10,12H2,1-3H3. The fourth-order valence-electron chi connectivity index (χ4n) is 2.47. The second kappa shape index (κ2) is 7.92. The van der Waals surface area contributed by atoms with Gasteiger partial charge in [0.1, 0.15) is 6.10 Å². The molecular formula is C16H26N2O2S. The zero-order valence-electron chi connectivity index (χ0n) is 13.3. The summed E-state index contributed by atoms with van der Waals surface area (Å²) in [6, 6.07) is 2.12. The van der Waals surface area contributed by atoms with Crippen molar-refractivity contribution in [2.75, 3.05) is 33.8 Å². The zero-order valence-corrected chi connectivity index (χ0v) is 14.1. The average Bonchev–Trinajstić information content (AvgIpc) is 2.88. The van der Waals surface area contributed by atoms with Crippen LogP contribution in [0.25, 0.3) is 0 Å². The number of aryl methyl sites for hydroxylation is 1. The number of amides is 1. The number of rotatable bonds is 6. The summed E-state index contributed by atoms with van der Waals surface area (Å²) in [4.78, 5) is 18.1. The predicted octanol–water partition coefficient (Wildman–Crippen LogP) is 2.52. The summed E-state index contributed by atoms with van der Waals surface area (Å²) in [6.07, 6.45) is 2.79. The molecular weight excluding hydrogens is 284 g/mol. The fourth-order valence-corrected chi connectivity index (χ4v) is 3.39. The van der Waals surface area contributed by atoms with E-state index in [0.717, 1.165) is 39.0 Å². The predicted molar refractivity (Wildman–Crippen MR) is 86.6 cm³/mol. The van der Waals surface area contributed by atoms with Gasteiger partial charge in [0.2, 0.25) is 0 Å². The molecule has 5 heteroatoms. The molecule has 1 aromatic rings. The number of hydrogen-bond acceptors (Lipinski definition) is 4. The van der Waals surface area contributed by atoms with Crippen molar-refractivity contribution in [3.8, 4) is 0 Å². The molecule has 0 saturated carbocycles. The van der Waals surface area contributed by atoms with Crippen molar-refractivity contribution in [2.24, 2.45) is 0 Å². The molecule has 0 radical (unpaired) electrons. The second-order valence-corrected chi connectivity index (χ2v) is 6.95. The highest BCUT2D eigenvalue weighted by atomic mass is 32.1. The van der Waals surface area contributed by atoms with Crippen molar-refractivity contribution in [1.29, 1.82) is 0 Å². The molecule has 4 nitrogen and oxygen atoms in total. The Morgan fingerprint density at radius 2 is 2.19 bits per heavy atom. The van der Waals surface area contributed by atoms with Crippen LogP contribution >= 0.6 is 11.3 Å². The lowest BCUT2D eigenvalue weighted by Gasteiger charge is -2.30. The molecule has 1 aliphatic rings. The van der Waals surface area contributed by atoms with Crippen LogP contribution < -0.4 is 0 Å². The largest absolute Gasteiger partial charge is 0.368 e. The van der Waals surface area contributed by atoms with Crippen molar-refractivity contribution in [3.05, 3.63) is 21.9 Å². The molecule has 2 heterocycles. The molecule has 0 N–H and O–H groups in total. The van der Waals surface area contributed by atoms with Gasteiger partial charge in [0.25, 0.3) is 5.91 Å². The Labute approximate surface area is 131 Å². The number of thiophene rings is 1. The first-order valence-electron chi connectivity index (χ1n) is 7.66. The highest BCUT2D eigenvalue weighted by Crippen LogP contribution is 2.21. The first-order chi connectivity index (χ1) is 10.1. The minimum absolute atomic E-state index is 0.157. The first kappa shape index (κ1) is 16.5. The van der Waals surface area contributed by atoms with E-state index in [1.807, 2.05) is 19.0 Å². The first-order valence-corrected chi connectivity index (χ1v) is 8.54. The SMILES string of the molecule is Cc1ccsc1CN(CCN(C)C)C(=O)C1CCCCO1. The average molecular weight is 310 g/mol. The summed E-state index contributed by atoms with van der Waals surface area (Å²) in [6.45, 7) is 5.16. The van der Waals surface area contributed by atoms with Crippen LogP contribution in [-0.2, 0) is 16.1 Å². The molecule has 1 unspecified atom stereocenters. The van der Waals surface area contributed by atoms with E-state index >= 15 is 0 Å². The third-order valence-corrected chi connectivity index (χ3v) is 4.89. The van der Waals surface area contributed by atoms with Crippen LogP contribution in [0, 0.1) is 6.92 Å². The maximum Gasteiger partial charge on any atom is 0.252 e. The lowest BCUT2D eigenvalue weighted by molar-refractivity contribution is -0.147. The van der Waals surface area contributed by atoms with Crippen molar-refractivity contribution >= 4 is 17.2 Å². The quantitative estimate of drug-likeness (QED) is 0.809. The van der Waals surface area contributed by atoms with Crippen LogP contribution in [-0.4, -0.2) is 55.6 Å². The summed E-state index contributed by atoms with van der Waals surface area (Å²) in [5.74, 6) is 0.157. The fraction of sp³-hybridized carbons (Fsp3) is 0.688. The highest BCUT2D eigenvalue weighted by molar-refractivity contribution is 7.10. The Hall–Kier alpha value is -0.910. The van der Waals surface area contributed by atoms with E-state index in [-0.39, 0.29) is 12.0 Å². The van der Waals surface area contributed by atoms with Crippen LogP contribution in [0.3, 0.4) is 0 Å². The molecule has 2 rings (SSSR count). The van der Waals surface area contributed by atoms with Gasteiger partial charge in [-0.1, -0.05) is 0 Å².